The predicted octanol–water partition coefficient (Wildman–Crippen LogP) is 3.91. The molecule has 0 radical (unpaired) electrons. The van der Waals surface area contributed by atoms with Crippen LogP contribution >= 0.6 is 23.1 Å². The first-order valence-corrected chi connectivity index (χ1v) is 9.76. The Morgan fingerprint density at radius 2 is 2.00 bits per heavy atom. The van der Waals surface area contributed by atoms with Gasteiger partial charge in [-0.1, -0.05) is 37.6 Å². The number of benzene rings is 1. The lowest BCUT2D eigenvalue weighted by molar-refractivity contribution is -0.133. The lowest BCUT2D eigenvalue weighted by Gasteiger charge is -2.02. The number of nitrogens with one attached hydrogen (secondary N) is 1. The molecule has 2 aromatic rings. The smallest absolute Gasteiger partial charge is 0.313 e. The average molecular weight is 364 g/mol. The van der Waals surface area contributed by atoms with E-state index in [0.717, 1.165) is 29.4 Å². The highest BCUT2D eigenvalue weighted by atomic mass is 32.2. The number of thioether (sulfide) groups is 1. The van der Waals surface area contributed by atoms with E-state index >= 15 is 0 Å². The van der Waals surface area contributed by atoms with Crippen molar-refractivity contribution in [1.82, 2.24) is 4.98 Å². The Labute approximate surface area is 149 Å². The molecule has 1 amide bonds. The number of rotatable bonds is 9. The van der Waals surface area contributed by atoms with Crippen LogP contribution in [0.5, 0.6) is 0 Å². The third kappa shape index (κ3) is 5.98. The first kappa shape index (κ1) is 18.5. The Hall–Kier alpha value is -1.86. The highest BCUT2D eigenvalue weighted by Crippen LogP contribution is 2.25. The standard InChI is InChI=1S/C17H20N2O3S2/c1-2-3-4-12-5-7-13(8-6-12)14-9-24-17(18-14)19-15(20)10-23-11-16(21)22/h5-9H,2-4,10-11H2,1H3,(H,21,22)(H,18,19,20). The van der Waals surface area contributed by atoms with E-state index in [-0.39, 0.29) is 17.4 Å². The molecule has 0 spiro atoms. The Morgan fingerprint density at radius 3 is 2.67 bits per heavy atom. The lowest BCUT2D eigenvalue weighted by Crippen LogP contribution is -2.15. The largest absolute Gasteiger partial charge is 0.481 e. The van der Waals surface area contributed by atoms with Crippen LogP contribution in [0.4, 0.5) is 5.13 Å². The van der Waals surface area contributed by atoms with Crippen LogP contribution in [-0.4, -0.2) is 33.5 Å². The highest BCUT2D eigenvalue weighted by molar-refractivity contribution is 8.00. The number of aryl methyl sites for hydroxylation is 1. The van der Waals surface area contributed by atoms with Crippen molar-refractivity contribution in [1.29, 1.82) is 0 Å². The Balaban J connectivity index is 1.90. The molecule has 0 saturated carbocycles. The highest BCUT2D eigenvalue weighted by Gasteiger charge is 2.09. The van der Waals surface area contributed by atoms with Gasteiger partial charge < -0.3 is 10.4 Å². The molecule has 24 heavy (non-hydrogen) atoms. The number of carbonyl (C=O) groups excluding carboxylic acids is 1. The molecule has 128 valence electrons. The molecule has 1 heterocycles. The fourth-order valence-corrected chi connectivity index (χ4v) is 3.34. The summed E-state index contributed by atoms with van der Waals surface area (Å²) in [4.78, 5) is 26.6. The summed E-state index contributed by atoms with van der Waals surface area (Å²) in [6, 6.07) is 8.33. The number of nitrogens with zero attached hydrogens (tertiary/aromatic N) is 1. The summed E-state index contributed by atoms with van der Waals surface area (Å²) >= 11 is 2.43. The quantitative estimate of drug-likeness (QED) is 0.705. The number of aromatic nitrogens is 1. The summed E-state index contributed by atoms with van der Waals surface area (Å²) in [5.41, 5.74) is 3.17. The second-order valence-corrected chi connectivity index (χ2v) is 7.12. The number of anilines is 1. The molecule has 0 aliphatic heterocycles. The number of hydrogen-bond acceptors (Lipinski definition) is 5. The number of unbranched alkanes of at least 4 members (excludes halogenated alkanes) is 1. The van der Waals surface area contributed by atoms with Gasteiger partial charge in [-0.05, 0) is 18.4 Å². The summed E-state index contributed by atoms with van der Waals surface area (Å²) in [6.07, 6.45) is 3.46. The molecule has 2 rings (SSSR count). The van der Waals surface area contributed by atoms with Crippen LogP contribution in [0.15, 0.2) is 29.6 Å². The SMILES string of the molecule is CCCCc1ccc(-c2csc(NC(=O)CSCC(=O)O)n2)cc1. The number of carboxylic acid groups (broad SMARTS) is 1. The average Bonchev–Trinajstić information content (AvgIpc) is 3.01. The number of hydrogen-bond donors (Lipinski definition) is 2. The fourth-order valence-electron chi connectivity index (χ4n) is 2.07. The molecular weight excluding hydrogens is 344 g/mol. The summed E-state index contributed by atoms with van der Waals surface area (Å²) in [5.74, 6) is -1.14. The van der Waals surface area contributed by atoms with E-state index in [1.807, 2.05) is 17.5 Å². The van der Waals surface area contributed by atoms with Gasteiger partial charge in [0.2, 0.25) is 5.91 Å². The van der Waals surface area contributed by atoms with Crippen LogP contribution in [0.2, 0.25) is 0 Å². The van der Waals surface area contributed by atoms with E-state index in [2.05, 4.69) is 29.4 Å². The van der Waals surface area contributed by atoms with Crippen molar-refractivity contribution in [3.05, 3.63) is 35.2 Å². The molecule has 0 aliphatic carbocycles. The molecule has 2 N–H and O–H groups in total. The van der Waals surface area contributed by atoms with Crippen LogP contribution in [0.3, 0.4) is 0 Å². The maximum Gasteiger partial charge on any atom is 0.313 e. The topological polar surface area (TPSA) is 79.3 Å². The zero-order valence-electron chi connectivity index (χ0n) is 13.4. The van der Waals surface area contributed by atoms with Gasteiger partial charge >= 0.3 is 5.97 Å². The van der Waals surface area contributed by atoms with Gasteiger partial charge in [-0.2, -0.15) is 0 Å². The van der Waals surface area contributed by atoms with Crippen LogP contribution in [0.25, 0.3) is 11.3 Å². The minimum Gasteiger partial charge on any atom is -0.481 e. The molecule has 5 nitrogen and oxygen atoms in total. The zero-order chi connectivity index (χ0) is 17.4. The van der Waals surface area contributed by atoms with Crippen molar-refractivity contribution in [2.45, 2.75) is 26.2 Å². The van der Waals surface area contributed by atoms with Crippen molar-refractivity contribution in [3.63, 3.8) is 0 Å². The monoisotopic (exact) mass is 364 g/mol. The number of carbonyl (C=O) groups is 2. The van der Waals surface area contributed by atoms with Crippen molar-refractivity contribution in [3.8, 4) is 11.3 Å². The van der Waals surface area contributed by atoms with Crippen molar-refractivity contribution < 1.29 is 14.7 Å². The van der Waals surface area contributed by atoms with E-state index in [1.54, 1.807) is 0 Å². The molecule has 0 bridgehead atoms. The van der Waals surface area contributed by atoms with Crippen molar-refractivity contribution in [2.75, 3.05) is 16.8 Å². The van der Waals surface area contributed by atoms with Crippen molar-refractivity contribution in [2.24, 2.45) is 0 Å². The van der Waals surface area contributed by atoms with Gasteiger partial charge in [0.25, 0.3) is 0 Å². The van der Waals surface area contributed by atoms with E-state index < -0.39 is 5.97 Å². The van der Waals surface area contributed by atoms with Crippen LogP contribution in [0.1, 0.15) is 25.3 Å². The van der Waals surface area contributed by atoms with Gasteiger partial charge in [0.1, 0.15) is 0 Å². The fraction of sp³-hybridized carbons (Fsp3) is 0.353. The Kier molecular flexibility index (Phi) is 7.27. The number of aliphatic carboxylic acids is 1. The zero-order valence-corrected chi connectivity index (χ0v) is 15.1. The van der Waals surface area contributed by atoms with Crippen LogP contribution in [0, 0.1) is 0 Å². The molecule has 1 aromatic heterocycles. The maximum absolute atomic E-state index is 11.7. The normalized spacial score (nSPS) is 10.5. The Morgan fingerprint density at radius 1 is 1.25 bits per heavy atom. The summed E-state index contributed by atoms with van der Waals surface area (Å²) in [5, 5.41) is 13.7. The van der Waals surface area contributed by atoms with Gasteiger partial charge in [0, 0.05) is 10.9 Å². The molecular formula is C17H20N2O3S2. The summed E-state index contributed by atoms with van der Waals surface area (Å²) in [7, 11) is 0. The van der Waals surface area contributed by atoms with Gasteiger partial charge in [-0.15, -0.1) is 23.1 Å². The predicted molar refractivity (Wildman–Crippen MR) is 99.8 cm³/mol. The van der Waals surface area contributed by atoms with E-state index in [0.29, 0.717) is 5.13 Å². The number of amides is 1. The van der Waals surface area contributed by atoms with Crippen LogP contribution in [-0.2, 0) is 16.0 Å². The van der Waals surface area contributed by atoms with E-state index in [9.17, 15) is 9.59 Å². The molecule has 7 heteroatoms. The minimum atomic E-state index is -0.924. The molecule has 0 unspecified atom stereocenters. The first-order valence-electron chi connectivity index (χ1n) is 7.72. The van der Waals surface area contributed by atoms with E-state index in [4.69, 9.17) is 5.11 Å². The lowest BCUT2D eigenvalue weighted by atomic mass is 10.1. The van der Waals surface area contributed by atoms with Crippen LogP contribution < -0.4 is 5.32 Å². The molecule has 0 fully saturated rings. The van der Waals surface area contributed by atoms with Crippen molar-refractivity contribution >= 4 is 40.1 Å². The maximum atomic E-state index is 11.7. The summed E-state index contributed by atoms with van der Waals surface area (Å²) < 4.78 is 0. The third-order valence-electron chi connectivity index (χ3n) is 3.28. The molecule has 0 atom stereocenters. The van der Waals surface area contributed by atoms with E-state index in [1.165, 1.54) is 29.7 Å². The van der Waals surface area contributed by atoms with Gasteiger partial charge in [-0.25, -0.2) is 4.98 Å². The number of thiazole rings is 1. The van der Waals surface area contributed by atoms with Gasteiger partial charge in [-0.3, -0.25) is 9.59 Å². The molecule has 1 aromatic carbocycles. The molecule has 0 saturated heterocycles. The summed E-state index contributed by atoms with van der Waals surface area (Å²) in [6.45, 7) is 2.18. The first-order chi connectivity index (χ1) is 11.6. The second kappa shape index (κ2) is 9.44. The van der Waals surface area contributed by atoms with Gasteiger partial charge in [0.05, 0.1) is 17.2 Å². The minimum absolute atomic E-state index is 0.0824. The number of carboxylic acids is 1. The third-order valence-corrected chi connectivity index (χ3v) is 4.95. The Bertz CT molecular complexity index is 683. The molecule has 0 aliphatic rings. The van der Waals surface area contributed by atoms with Gasteiger partial charge in [0.15, 0.2) is 5.13 Å². The second-order valence-electron chi connectivity index (χ2n) is 5.27.